The highest BCUT2D eigenvalue weighted by Gasteiger charge is 2.37. The topological polar surface area (TPSA) is 95.9 Å². The second-order valence-electron chi connectivity index (χ2n) is 7.09. The third-order valence-electron chi connectivity index (χ3n) is 5.04. The van der Waals surface area contributed by atoms with Crippen molar-refractivity contribution in [3.8, 4) is 5.75 Å². The van der Waals surface area contributed by atoms with Crippen molar-refractivity contribution in [2.45, 2.75) is 25.9 Å². The lowest BCUT2D eigenvalue weighted by Crippen LogP contribution is -2.36. The fourth-order valence-electron chi connectivity index (χ4n) is 3.53. The summed E-state index contributed by atoms with van der Waals surface area (Å²) in [6, 6.07) is 9.33. The number of imide groups is 1. The largest absolute Gasteiger partial charge is 0.506 e. The summed E-state index contributed by atoms with van der Waals surface area (Å²) in [6.45, 7) is 2.70. The van der Waals surface area contributed by atoms with Gasteiger partial charge in [0.25, 0.3) is 17.7 Å². The number of phenols is 1. The summed E-state index contributed by atoms with van der Waals surface area (Å²) in [6.07, 6.45) is 1.61. The number of aromatic hydroxyl groups is 1. The number of hydrogen-bond donors (Lipinski definition) is 2. The van der Waals surface area contributed by atoms with E-state index in [-0.39, 0.29) is 46.7 Å². The molecule has 2 heterocycles. The molecule has 2 aliphatic rings. The normalized spacial score (nSPS) is 18.5. The molecule has 2 aromatic carbocycles. The van der Waals surface area contributed by atoms with Crippen LogP contribution in [0.1, 0.15) is 49.5 Å². The van der Waals surface area contributed by atoms with Gasteiger partial charge >= 0.3 is 0 Å². The monoisotopic (exact) mass is 380 g/mol. The number of hydrogen-bond acceptors (Lipinski definition) is 5. The maximum Gasteiger partial charge on any atom is 0.261 e. The molecule has 0 radical (unpaired) electrons. The van der Waals surface area contributed by atoms with Gasteiger partial charge in [-0.05, 0) is 55.7 Å². The predicted octanol–water partition coefficient (Wildman–Crippen LogP) is 2.73. The molecule has 1 unspecified atom stereocenters. The molecule has 1 atom stereocenters. The minimum Gasteiger partial charge on any atom is -0.506 e. The molecular formula is C21H20N2O5. The van der Waals surface area contributed by atoms with Gasteiger partial charge in [-0.1, -0.05) is 6.07 Å². The summed E-state index contributed by atoms with van der Waals surface area (Å²) >= 11 is 0. The zero-order chi connectivity index (χ0) is 19.8. The molecule has 2 aliphatic heterocycles. The molecule has 4 rings (SSSR count). The number of amides is 3. The number of anilines is 1. The Labute approximate surface area is 161 Å². The van der Waals surface area contributed by atoms with Crippen LogP contribution in [-0.2, 0) is 4.74 Å². The van der Waals surface area contributed by atoms with E-state index < -0.39 is 11.8 Å². The molecule has 0 saturated carbocycles. The van der Waals surface area contributed by atoms with E-state index >= 15 is 0 Å². The van der Waals surface area contributed by atoms with Crippen molar-refractivity contribution in [3.63, 3.8) is 0 Å². The number of phenolic OH excluding ortho intramolecular Hbond substituents is 1. The van der Waals surface area contributed by atoms with Gasteiger partial charge < -0.3 is 15.2 Å². The van der Waals surface area contributed by atoms with E-state index in [1.54, 1.807) is 18.2 Å². The number of aryl methyl sites for hydroxylation is 1. The van der Waals surface area contributed by atoms with Crippen LogP contribution in [0.3, 0.4) is 0 Å². The number of carbonyl (C=O) groups is 3. The fraction of sp³-hybridized carbons (Fsp3) is 0.286. The van der Waals surface area contributed by atoms with Crippen molar-refractivity contribution in [1.82, 2.24) is 4.90 Å². The van der Waals surface area contributed by atoms with Crippen LogP contribution in [0.2, 0.25) is 0 Å². The van der Waals surface area contributed by atoms with Gasteiger partial charge in [-0.2, -0.15) is 0 Å². The zero-order valence-electron chi connectivity index (χ0n) is 15.4. The summed E-state index contributed by atoms with van der Waals surface area (Å²) in [5, 5.41) is 12.6. The maximum atomic E-state index is 12.7. The van der Waals surface area contributed by atoms with E-state index in [0.29, 0.717) is 6.61 Å². The number of nitrogens with zero attached hydrogens (tertiary/aromatic N) is 1. The second kappa shape index (κ2) is 7.09. The molecule has 1 fully saturated rings. The molecule has 28 heavy (non-hydrogen) atoms. The second-order valence-corrected chi connectivity index (χ2v) is 7.09. The van der Waals surface area contributed by atoms with Crippen LogP contribution in [0, 0.1) is 6.92 Å². The first-order valence-corrected chi connectivity index (χ1v) is 9.17. The summed E-state index contributed by atoms with van der Waals surface area (Å²) in [4.78, 5) is 39.0. The molecule has 144 valence electrons. The Hall–Kier alpha value is -3.19. The van der Waals surface area contributed by atoms with Gasteiger partial charge in [-0.15, -0.1) is 0 Å². The minimum atomic E-state index is -0.472. The van der Waals surface area contributed by atoms with Crippen molar-refractivity contribution >= 4 is 23.4 Å². The molecule has 1 saturated heterocycles. The molecule has 3 amide bonds. The van der Waals surface area contributed by atoms with Gasteiger partial charge in [0, 0.05) is 12.2 Å². The Kier molecular flexibility index (Phi) is 4.60. The molecular weight excluding hydrogens is 360 g/mol. The first kappa shape index (κ1) is 18.2. The Morgan fingerprint density at radius 1 is 1.18 bits per heavy atom. The minimum absolute atomic E-state index is 0.0384. The molecule has 0 spiro atoms. The quantitative estimate of drug-likeness (QED) is 0.628. The smallest absolute Gasteiger partial charge is 0.261 e. The van der Waals surface area contributed by atoms with Crippen LogP contribution in [-0.4, -0.2) is 47.0 Å². The van der Waals surface area contributed by atoms with Gasteiger partial charge in [-0.25, -0.2) is 0 Å². The van der Waals surface area contributed by atoms with Gasteiger partial charge in [0.2, 0.25) is 0 Å². The highest BCUT2D eigenvalue weighted by molar-refractivity contribution is 6.22. The third kappa shape index (κ3) is 3.25. The zero-order valence-corrected chi connectivity index (χ0v) is 15.4. The summed E-state index contributed by atoms with van der Waals surface area (Å²) in [7, 11) is 0. The van der Waals surface area contributed by atoms with E-state index in [1.807, 2.05) is 6.92 Å². The average molecular weight is 380 g/mol. The highest BCUT2D eigenvalue weighted by Crippen LogP contribution is 2.28. The van der Waals surface area contributed by atoms with Gasteiger partial charge in [-0.3, -0.25) is 19.3 Å². The standard InChI is InChI=1S/C21H20N2O5/c1-12-4-7-17(18(24)9-12)22-19(25)13-5-6-15-16(10-13)21(27)23(20(15)26)11-14-3-2-8-28-14/h4-7,9-10,14,24H,2-3,8,11H2,1H3,(H,22,25). The Morgan fingerprint density at radius 3 is 2.68 bits per heavy atom. The molecule has 2 aromatic rings. The number of carbonyl (C=O) groups excluding carboxylic acids is 3. The Bertz CT molecular complexity index is 979. The van der Waals surface area contributed by atoms with E-state index in [4.69, 9.17) is 4.74 Å². The third-order valence-corrected chi connectivity index (χ3v) is 5.04. The Morgan fingerprint density at radius 2 is 1.96 bits per heavy atom. The first-order valence-electron chi connectivity index (χ1n) is 9.17. The molecule has 0 aliphatic carbocycles. The Balaban J connectivity index is 1.54. The van der Waals surface area contributed by atoms with Crippen molar-refractivity contribution in [2.75, 3.05) is 18.5 Å². The van der Waals surface area contributed by atoms with Crippen LogP contribution in [0.25, 0.3) is 0 Å². The summed E-state index contributed by atoms with van der Waals surface area (Å²) in [5.41, 5.74) is 1.88. The van der Waals surface area contributed by atoms with Crippen LogP contribution >= 0.6 is 0 Å². The maximum absolute atomic E-state index is 12.7. The van der Waals surface area contributed by atoms with Crippen molar-refractivity contribution in [2.24, 2.45) is 0 Å². The number of rotatable bonds is 4. The molecule has 7 heteroatoms. The van der Waals surface area contributed by atoms with Gasteiger partial charge in [0.05, 0.1) is 29.5 Å². The molecule has 2 N–H and O–H groups in total. The number of fused-ring (bicyclic) bond motifs is 1. The number of benzene rings is 2. The molecule has 7 nitrogen and oxygen atoms in total. The van der Waals surface area contributed by atoms with Crippen LogP contribution in [0.4, 0.5) is 5.69 Å². The predicted molar refractivity (Wildman–Crippen MR) is 102 cm³/mol. The number of ether oxygens (including phenoxy) is 1. The summed E-state index contributed by atoms with van der Waals surface area (Å²) < 4.78 is 5.52. The van der Waals surface area contributed by atoms with Gasteiger partial charge in [0.15, 0.2) is 0 Å². The first-order chi connectivity index (χ1) is 13.4. The van der Waals surface area contributed by atoms with Crippen LogP contribution < -0.4 is 5.32 Å². The SMILES string of the molecule is Cc1ccc(NC(=O)c2ccc3c(c2)C(=O)N(CC2CCCO2)C3=O)c(O)c1. The highest BCUT2D eigenvalue weighted by atomic mass is 16.5. The lowest BCUT2D eigenvalue weighted by Gasteiger charge is -2.17. The van der Waals surface area contributed by atoms with Crippen molar-refractivity contribution < 1.29 is 24.2 Å². The molecule has 0 bridgehead atoms. The van der Waals surface area contributed by atoms with Gasteiger partial charge in [0.1, 0.15) is 5.75 Å². The number of nitrogens with one attached hydrogen (secondary N) is 1. The van der Waals surface area contributed by atoms with E-state index in [2.05, 4.69) is 5.32 Å². The van der Waals surface area contributed by atoms with E-state index in [1.165, 1.54) is 23.1 Å². The average Bonchev–Trinajstić information content (AvgIpc) is 3.27. The van der Waals surface area contributed by atoms with E-state index in [9.17, 15) is 19.5 Å². The fourth-order valence-corrected chi connectivity index (χ4v) is 3.53. The lowest BCUT2D eigenvalue weighted by atomic mass is 10.1. The molecule has 0 aromatic heterocycles. The van der Waals surface area contributed by atoms with Crippen LogP contribution in [0.15, 0.2) is 36.4 Å². The lowest BCUT2D eigenvalue weighted by molar-refractivity contribution is 0.0475. The van der Waals surface area contributed by atoms with Crippen molar-refractivity contribution in [3.05, 3.63) is 58.7 Å². The summed E-state index contributed by atoms with van der Waals surface area (Å²) in [5.74, 6) is -1.29. The van der Waals surface area contributed by atoms with Crippen LogP contribution in [0.5, 0.6) is 5.75 Å². The van der Waals surface area contributed by atoms with Crippen molar-refractivity contribution in [1.29, 1.82) is 0 Å². The van der Waals surface area contributed by atoms with E-state index in [0.717, 1.165) is 18.4 Å².